The van der Waals surface area contributed by atoms with Crippen molar-refractivity contribution in [3.05, 3.63) is 139 Å². The van der Waals surface area contributed by atoms with Crippen molar-refractivity contribution in [1.29, 1.82) is 0 Å². The predicted octanol–water partition coefficient (Wildman–Crippen LogP) is 8.68. The van der Waals surface area contributed by atoms with Crippen LogP contribution in [0.2, 0.25) is 5.02 Å². The number of fused-ring (bicyclic) bond motifs is 3. The third-order valence-corrected chi connectivity index (χ3v) is 8.07. The predicted molar refractivity (Wildman–Crippen MR) is 177 cm³/mol. The molecule has 0 fully saturated rings. The number of hydrogen-bond donors (Lipinski definition) is 0. The van der Waals surface area contributed by atoms with Crippen molar-refractivity contribution in [2.45, 2.75) is 6.61 Å². The number of ether oxygens (including phenoxy) is 1. The summed E-state index contributed by atoms with van der Waals surface area (Å²) in [5.41, 5.74) is 2.83. The van der Waals surface area contributed by atoms with Gasteiger partial charge < -0.3 is 9.15 Å². The number of halogens is 2. The highest BCUT2D eigenvalue weighted by Gasteiger charge is 2.17. The van der Waals surface area contributed by atoms with Crippen LogP contribution in [0.5, 0.6) is 5.75 Å². The largest absolute Gasteiger partial charge is 0.488 e. The lowest BCUT2D eigenvalue weighted by Crippen LogP contribution is -2.20. The number of benzene rings is 5. The fourth-order valence-electron chi connectivity index (χ4n) is 4.93. The number of aromatic nitrogens is 2. The SMILES string of the molecule is O=c1c2ccccc2nc(-c2cc3cc(Cl)ccc3o2)n1N=Cc1ccc(OCc2cccc3ccccc23)c(I)c1. The summed E-state index contributed by atoms with van der Waals surface area (Å²) >= 11 is 8.43. The van der Waals surface area contributed by atoms with Crippen molar-refractivity contribution in [2.24, 2.45) is 5.10 Å². The van der Waals surface area contributed by atoms with E-state index in [9.17, 15) is 4.79 Å². The average Bonchev–Trinajstić information content (AvgIpc) is 3.43. The highest BCUT2D eigenvalue weighted by Crippen LogP contribution is 2.29. The monoisotopic (exact) mass is 681 g/mol. The first-order valence-electron chi connectivity index (χ1n) is 13.2. The molecule has 0 aliphatic rings. The third kappa shape index (κ3) is 5.06. The first-order valence-corrected chi connectivity index (χ1v) is 14.6. The molecule has 7 aromatic rings. The zero-order chi connectivity index (χ0) is 28.6. The fourth-order valence-corrected chi connectivity index (χ4v) is 5.80. The molecule has 2 aromatic heterocycles. The summed E-state index contributed by atoms with van der Waals surface area (Å²) in [5.74, 6) is 1.48. The van der Waals surface area contributed by atoms with Gasteiger partial charge >= 0.3 is 0 Å². The first-order chi connectivity index (χ1) is 20.5. The molecule has 8 heteroatoms. The summed E-state index contributed by atoms with van der Waals surface area (Å²) in [6.07, 6.45) is 1.64. The van der Waals surface area contributed by atoms with Crippen molar-refractivity contribution in [1.82, 2.24) is 9.66 Å². The van der Waals surface area contributed by atoms with Gasteiger partial charge in [-0.2, -0.15) is 9.78 Å². The molecule has 0 radical (unpaired) electrons. The first kappa shape index (κ1) is 26.4. The summed E-state index contributed by atoms with van der Waals surface area (Å²) in [4.78, 5) is 18.3. The minimum atomic E-state index is -0.296. The van der Waals surface area contributed by atoms with E-state index in [4.69, 9.17) is 25.7 Å². The van der Waals surface area contributed by atoms with Crippen LogP contribution in [0.15, 0.2) is 124 Å². The molecule has 2 heterocycles. The van der Waals surface area contributed by atoms with Gasteiger partial charge in [0.2, 0.25) is 5.82 Å². The molecule has 0 saturated carbocycles. The molecule has 204 valence electrons. The smallest absolute Gasteiger partial charge is 0.282 e. The Hall–Kier alpha value is -4.47. The molecule has 0 aliphatic heterocycles. The van der Waals surface area contributed by atoms with Crippen LogP contribution in [0.1, 0.15) is 11.1 Å². The molecule has 0 atom stereocenters. The van der Waals surface area contributed by atoms with E-state index in [1.165, 1.54) is 15.4 Å². The van der Waals surface area contributed by atoms with Crippen LogP contribution in [-0.4, -0.2) is 15.9 Å². The second kappa shape index (κ2) is 11.1. The zero-order valence-corrected chi connectivity index (χ0v) is 24.9. The van der Waals surface area contributed by atoms with Crippen LogP contribution < -0.4 is 10.3 Å². The number of hydrogen-bond acceptors (Lipinski definition) is 5. The standard InChI is InChI=1S/C34H21ClIN3O3/c35-25-13-15-30-24(17-25)18-32(42-30)33-38-29-11-4-3-10-27(29)34(40)39(33)37-19-21-12-14-31(28(36)16-21)41-20-23-8-5-7-22-6-1-2-9-26(22)23/h1-19H,20H2. The molecule has 0 saturated heterocycles. The molecule has 7 rings (SSSR count). The molecule has 0 N–H and O–H groups in total. The average molecular weight is 682 g/mol. The number of rotatable bonds is 6. The number of para-hydroxylation sites is 1. The Morgan fingerprint density at radius 2 is 1.69 bits per heavy atom. The molecule has 0 unspecified atom stereocenters. The molecule has 0 spiro atoms. The Kier molecular flexibility index (Phi) is 6.97. The Labute approximate surface area is 259 Å². The lowest BCUT2D eigenvalue weighted by molar-refractivity contribution is 0.305. The summed E-state index contributed by atoms with van der Waals surface area (Å²) in [6, 6.07) is 34.7. The Morgan fingerprint density at radius 1 is 0.881 bits per heavy atom. The molecule has 5 aromatic carbocycles. The molecule has 6 nitrogen and oxygen atoms in total. The Balaban J connectivity index is 1.22. The summed E-state index contributed by atoms with van der Waals surface area (Å²) in [7, 11) is 0. The topological polar surface area (TPSA) is 69.6 Å². The highest BCUT2D eigenvalue weighted by molar-refractivity contribution is 14.1. The van der Waals surface area contributed by atoms with E-state index in [-0.39, 0.29) is 5.56 Å². The van der Waals surface area contributed by atoms with Gasteiger partial charge in [0, 0.05) is 10.4 Å². The van der Waals surface area contributed by atoms with Crippen molar-refractivity contribution in [2.75, 3.05) is 0 Å². The summed E-state index contributed by atoms with van der Waals surface area (Å²) in [5, 5.41) is 8.80. The van der Waals surface area contributed by atoms with Gasteiger partial charge in [-0.15, -0.1) is 0 Å². The normalized spacial score (nSPS) is 11.7. The molecule has 0 bridgehead atoms. The van der Waals surface area contributed by atoms with E-state index < -0.39 is 0 Å². The van der Waals surface area contributed by atoms with E-state index >= 15 is 0 Å². The van der Waals surface area contributed by atoms with Gasteiger partial charge in [0.1, 0.15) is 17.9 Å². The molecular weight excluding hydrogens is 661 g/mol. The molecular formula is C34H21ClIN3O3. The van der Waals surface area contributed by atoms with Crippen LogP contribution in [0.4, 0.5) is 0 Å². The third-order valence-electron chi connectivity index (χ3n) is 6.99. The van der Waals surface area contributed by atoms with Crippen molar-refractivity contribution in [3.63, 3.8) is 0 Å². The molecule has 0 amide bonds. The molecule has 0 aliphatic carbocycles. The van der Waals surface area contributed by atoms with Crippen molar-refractivity contribution in [3.8, 4) is 17.3 Å². The maximum atomic E-state index is 13.6. The van der Waals surface area contributed by atoms with Gasteiger partial charge in [-0.1, -0.05) is 66.2 Å². The van der Waals surface area contributed by atoms with Gasteiger partial charge in [-0.25, -0.2) is 4.98 Å². The highest BCUT2D eigenvalue weighted by atomic mass is 127. The van der Waals surface area contributed by atoms with Crippen LogP contribution in [-0.2, 0) is 6.61 Å². The van der Waals surface area contributed by atoms with Crippen LogP contribution in [0.3, 0.4) is 0 Å². The second-order valence-corrected chi connectivity index (χ2v) is 11.3. The van der Waals surface area contributed by atoms with E-state index in [1.807, 2.05) is 60.7 Å². The van der Waals surface area contributed by atoms with E-state index in [0.717, 1.165) is 25.8 Å². The maximum Gasteiger partial charge on any atom is 0.282 e. The Morgan fingerprint density at radius 3 is 2.57 bits per heavy atom. The van der Waals surface area contributed by atoms with Gasteiger partial charge in [0.05, 0.1) is 20.7 Å². The zero-order valence-electron chi connectivity index (χ0n) is 22.0. The second-order valence-electron chi connectivity index (χ2n) is 9.72. The molecule has 42 heavy (non-hydrogen) atoms. The van der Waals surface area contributed by atoms with Gasteiger partial charge in [0.25, 0.3) is 5.56 Å². The number of furan rings is 1. The van der Waals surface area contributed by atoms with Crippen LogP contribution in [0, 0.1) is 3.57 Å². The van der Waals surface area contributed by atoms with E-state index in [0.29, 0.717) is 39.7 Å². The number of nitrogens with zero attached hydrogens (tertiary/aromatic N) is 3. The summed E-state index contributed by atoms with van der Waals surface area (Å²) < 4.78 is 14.5. The van der Waals surface area contributed by atoms with Crippen LogP contribution >= 0.6 is 34.2 Å². The fraction of sp³-hybridized carbons (Fsp3) is 0.0294. The summed E-state index contributed by atoms with van der Waals surface area (Å²) in [6.45, 7) is 0.453. The van der Waals surface area contributed by atoms with Gasteiger partial charge in [-0.05, 0) is 99.1 Å². The lowest BCUT2D eigenvalue weighted by atomic mass is 10.1. The van der Waals surface area contributed by atoms with Gasteiger partial charge in [-0.3, -0.25) is 4.79 Å². The minimum absolute atomic E-state index is 0.296. The minimum Gasteiger partial charge on any atom is -0.488 e. The van der Waals surface area contributed by atoms with Crippen LogP contribution in [0.25, 0.3) is 44.2 Å². The lowest BCUT2D eigenvalue weighted by Gasteiger charge is -2.11. The van der Waals surface area contributed by atoms with E-state index in [2.05, 4.69) is 52.0 Å². The quantitative estimate of drug-likeness (QED) is 0.130. The van der Waals surface area contributed by atoms with Gasteiger partial charge in [0.15, 0.2) is 5.76 Å². The van der Waals surface area contributed by atoms with Crippen molar-refractivity contribution >= 4 is 73.1 Å². The van der Waals surface area contributed by atoms with Crippen molar-refractivity contribution < 1.29 is 9.15 Å². The maximum absolute atomic E-state index is 13.6. The Bertz CT molecular complexity index is 2220. The van der Waals surface area contributed by atoms with E-state index in [1.54, 1.807) is 30.5 Å².